The quantitative estimate of drug-likeness (QED) is 0.642. The lowest BCUT2D eigenvalue weighted by Crippen LogP contribution is -1.91. The topological polar surface area (TPSA) is 26.0 Å². The normalized spacial score (nSPS) is 11.2. The van der Waals surface area contributed by atoms with Gasteiger partial charge >= 0.3 is 0 Å². The largest absolute Gasteiger partial charge is 0.464 e. The average molecular weight is 161 g/mol. The van der Waals surface area contributed by atoms with Crippen LogP contribution in [0.15, 0.2) is 29.0 Å². The molecule has 0 spiro atoms. The molecule has 0 saturated carbocycles. The Bertz CT molecular complexity index is 389. The minimum atomic E-state index is 0.450. The van der Waals surface area contributed by atoms with Crippen LogP contribution in [0.25, 0.3) is 11.0 Å². The fourth-order valence-corrected chi connectivity index (χ4v) is 1.38. The summed E-state index contributed by atoms with van der Waals surface area (Å²) in [4.78, 5) is 4.32. The Morgan fingerprint density at radius 1 is 1.33 bits per heavy atom. The van der Waals surface area contributed by atoms with Gasteiger partial charge in [-0.25, -0.2) is 0 Å². The van der Waals surface area contributed by atoms with Gasteiger partial charge in [-0.05, 0) is 18.1 Å². The van der Waals surface area contributed by atoms with Crippen LogP contribution in [-0.2, 0) is 0 Å². The van der Waals surface area contributed by atoms with E-state index in [0.29, 0.717) is 5.92 Å². The molecule has 2 aromatic heterocycles. The van der Waals surface area contributed by atoms with Crippen molar-refractivity contribution in [3.63, 3.8) is 0 Å². The molecule has 0 unspecified atom stereocenters. The van der Waals surface area contributed by atoms with Gasteiger partial charge in [-0.3, -0.25) is 4.98 Å². The molecule has 0 saturated heterocycles. The Morgan fingerprint density at radius 3 is 2.92 bits per heavy atom. The molecule has 62 valence electrons. The van der Waals surface area contributed by atoms with Crippen LogP contribution in [0, 0.1) is 0 Å². The first-order valence-electron chi connectivity index (χ1n) is 4.11. The Kier molecular flexibility index (Phi) is 1.61. The summed E-state index contributed by atoms with van der Waals surface area (Å²) >= 11 is 0. The van der Waals surface area contributed by atoms with Gasteiger partial charge in [0.05, 0.1) is 12.0 Å². The molecule has 0 N–H and O–H groups in total. The fourth-order valence-electron chi connectivity index (χ4n) is 1.38. The number of furan rings is 1. The number of fused-ring (bicyclic) bond motifs is 1. The molecule has 0 aliphatic rings. The van der Waals surface area contributed by atoms with Gasteiger partial charge in [0.25, 0.3) is 0 Å². The zero-order chi connectivity index (χ0) is 8.55. The van der Waals surface area contributed by atoms with Crippen molar-refractivity contribution in [2.45, 2.75) is 19.8 Å². The van der Waals surface area contributed by atoms with Crippen LogP contribution in [0.1, 0.15) is 25.5 Å². The van der Waals surface area contributed by atoms with Crippen molar-refractivity contribution in [1.29, 1.82) is 0 Å². The van der Waals surface area contributed by atoms with Crippen LogP contribution >= 0.6 is 0 Å². The molecule has 2 rings (SSSR count). The number of hydrogen-bond acceptors (Lipinski definition) is 2. The molecule has 0 amide bonds. The average Bonchev–Trinajstić information content (AvgIpc) is 2.49. The molecule has 0 fully saturated rings. The molecular formula is C10H11NO. The second-order valence-electron chi connectivity index (χ2n) is 3.18. The minimum absolute atomic E-state index is 0.450. The summed E-state index contributed by atoms with van der Waals surface area (Å²) in [6.45, 7) is 4.27. The van der Waals surface area contributed by atoms with Crippen molar-refractivity contribution in [3.05, 3.63) is 30.3 Å². The highest BCUT2D eigenvalue weighted by atomic mass is 16.3. The molecule has 0 aliphatic carbocycles. The Balaban J connectivity index is 2.73. The van der Waals surface area contributed by atoms with E-state index in [2.05, 4.69) is 18.8 Å². The van der Waals surface area contributed by atoms with E-state index in [1.54, 1.807) is 12.5 Å². The molecule has 12 heavy (non-hydrogen) atoms. The van der Waals surface area contributed by atoms with Crippen LogP contribution in [0.2, 0.25) is 0 Å². The lowest BCUT2D eigenvalue weighted by molar-refractivity contribution is 0.615. The maximum Gasteiger partial charge on any atom is 0.137 e. The summed E-state index contributed by atoms with van der Waals surface area (Å²) in [6.07, 6.45) is 3.50. The monoisotopic (exact) mass is 161 g/mol. The first-order valence-corrected chi connectivity index (χ1v) is 4.11. The molecule has 2 nitrogen and oxygen atoms in total. The van der Waals surface area contributed by atoms with Crippen LogP contribution < -0.4 is 0 Å². The van der Waals surface area contributed by atoms with Crippen molar-refractivity contribution in [1.82, 2.24) is 4.98 Å². The zero-order valence-corrected chi connectivity index (χ0v) is 7.24. The van der Waals surface area contributed by atoms with Gasteiger partial charge < -0.3 is 4.42 Å². The van der Waals surface area contributed by atoms with E-state index in [-0.39, 0.29) is 0 Å². The van der Waals surface area contributed by atoms with Gasteiger partial charge in [0.1, 0.15) is 5.58 Å². The number of aromatic nitrogens is 1. The maximum atomic E-state index is 5.27. The fraction of sp³-hybridized carbons (Fsp3) is 0.300. The first-order chi connectivity index (χ1) is 5.79. The SMILES string of the molecule is CC(C)c1nccc2occc12. The third kappa shape index (κ3) is 0.998. The summed E-state index contributed by atoms with van der Waals surface area (Å²) in [5.74, 6) is 0.450. The number of hydrogen-bond donors (Lipinski definition) is 0. The van der Waals surface area contributed by atoms with Gasteiger partial charge in [0.2, 0.25) is 0 Å². The second kappa shape index (κ2) is 2.63. The molecule has 0 bridgehead atoms. The minimum Gasteiger partial charge on any atom is -0.464 e. The Labute approximate surface area is 71.2 Å². The standard InChI is InChI=1S/C10H11NO/c1-7(2)10-8-4-6-12-9(8)3-5-11-10/h3-7H,1-2H3. The molecular weight excluding hydrogens is 150 g/mol. The number of nitrogens with zero attached hydrogens (tertiary/aromatic N) is 1. The summed E-state index contributed by atoms with van der Waals surface area (Å²) < 4.78 is 5.27. The molecule has 2 heteroatoms. The van der Waals surface area contributed by atoms with Crippen molar-refractivity contribution in [2.24, 2.45) is 0 Å². The van der Waals surface area contributed by atoms with E-state index in [0.717, 1.165) is 16.7 Å². The molecule has 0 aromatic carbocycles. The first kappa shape index (κ1) is 7.35. The highest BCUT2D eigenvalue weighted by Crippen LogP contribution is 2.23. The van der Waals surface area contributed by atoms with Gasteiger partial charge in [-0.2, -0.15) is 0 Å². The maximum absolute atomic E-state index is 5.27. The zero-order valence-electron chi connectivity index (χ0n) is 7.24. The number of rotatable bonds is 1. The summed E-state index contributed by atoms with van der Waals surface area (Å²) in [7, 11) is 0. The smallest absolute Gasteiger partial charge is 0.137 e. The van der Waals surface area contributed by atoms with Gasteiger partial charge in [-0.1, -0.05) is 13.8 Å². The summed E-state index contributed by atoms with van der Waals surface area (Å²) in [5, 5.41) is 1.13. The van der Waals surface area contributed by atoms with Crippen LogP contribution in [0.5, 0.6) is 0 Å². The van der Waals surface area contributed by atoms with E-state index in [1.807, 2.05) is 12.1 Å². The highest BCUT2D eigenvalue weighted by Gasteiger charge is 2.07. The Hall–Kier alpha value is -1.31. The van der Waals surface area contributed by atoms with E-state index < -0.39 is 0 Å². The molecule has 2 aromatic rings. The van der Waals surface area contributed by atoms with Gasteiger partial charge in [-0.15, -0.1) is 0 Å². The summed E-state index contributed by atoms with van der Waals surface area (Å²) in [5.41, 5.74) is 2.04. The van der Waals surface area contributed by atoms with Crippen molar-refractivity contribution in [3.8, 4) is 0 Å². The summed E-state index contributed by atoms with van der Waals surface area (Å²) in [6, 6.07) is 3.86. The Morgan fingerprint density at radius 2 is 2.17 bits per heavy atom. The molecule has 0 atom stereocenters. The predicted octanol–water partition coefficient (Wildman–Crippen LogP) is 2.95. The van der Waals surface area contributed by atoms with E-state index in [9.17, 15) is 0 Å². The van der Waals surface area contributed by atoms with Gasteiger partial charge in [0, 0.05) is 11.6 Å². The lowest BCUT2D eigenvalue weighted by Gasteiger charge is -2.03. The third-order valence-corrected chi connectivity index (χ3v) is 1.96. The van der Waals surface area contributed by atoms with E-state index in [4.69, 9.17) is 4.42 Å². The predicted molar refractivity (Wildman–Crippen MR) is 48.1 cm³/mol. The van der Waals surface area contributed by atoms with Crippen molar-refractivity contribution in [2.75, 3.05) is 0 Å². The van der Waals surface area contributed by atoms with E-state index in [1.165, 1.54) is 0 Å². The van der Waals surface area contributed by atoms with Crippen LogP contribution in [0.4, 0.5) is 0 Å². The molecule has 0 aliphatic heterocycles. The van der Waals surface area contributed by atoms with Crippen LogP contribution in [0.3, 0.4) is 0 Å². The lowest BCUT2D eigenvalue weighted by atomic mass is 10.1. The highest BCUT2D eigenvalue weighted by molar-refractivity contribution is 5.79. The van der Waals surface area contributed by atoms with E-state index >= 15 is 0 Å². The second-order valence-corrected chi connectivity index (χ2v) is 3.18. The van der Waals surface area contributed by atoms with Gasteiger partial charge in [0.15, 0.2) is 0 Å². The molecule has 0 radical (unpaired) electrons. The van der Waals surface area contributed by atoms with Crippen LogP contribution in [-0.4, -0.2) is 4.98 Å². The third-order valence-electron chi connectivity index (χ3n) is 1.96. The van der Waals surface area contributed by atoms with Crippen molar-refractivity contribution >= 4 is 11.0 Å². The van der Waals surface area contributed by atoms with Crippen molar-refractivity contribution < 1.29 is 4.42 Å². The molecule has 2 heterocycles. The number of pyridine rings is 1.